The molecule has 1 atom stereocenters. The third-order valence-electron chi connectivity index (χ3n) is 3.42. The van der Waals surface area contributed by atoms with Crippen molar-refractivity contribution in [1.29, 1.82) is 0 Å². The molecule has 0 bridgehead atoms. The summed E-state index contributed by atoms with van der Waals surface area (Å²) >= 11 is 3.17. The highest BCUT2D eigenvalue weighted by Gasteiger charge is 2.16. The number of carbonyl (C=O) groups excluding carboxylic acids is 1. The summed E-state index contributed by atoms with van der Waals surface area (Å²) in [6.45, 7) is 3.85. The highest BCUT2D eigenvalue weighted by molar-refractivity contribution is 8.00. The number of thiophene rings is 1. The van der Waals surface area contributed by atoms with E-state index in [1.807, 2.05) is 42.6 Å². The van der Waals surface area contributed by atoms with Gasteiger partial charge in [0.05, 0.1) is 25.0 Å². The molecule has 4 nitrogen and oxygen atoms in total. The first-order valence-electron chi connectivity index (χ1n) is 7.59. The fourth-order valence-electron chi connectivity index (χ4n) is 2.21. The lowest BCUT2D eigenvalue weighted by Gasteiger charge is -2.13. The van der Waals surface area contributed by atoms with Gasteiger partial charge in [-0.05, 0) is 36.6 Å². The van der Waals surface area contributed by atoms with Gasteiger partial charge in [0, 0.05) is 16.2 Å². The molecule has 2 heterocycles. The van der Waals surface area contributed by atoms with Gasteiger partial charge in [-0.2, -0.15) is 0 Å². The zero-order chi connectivity index (χ0) is 16.1. The molecule has 0 saturated heterocycles. The fraction of sp³-hybridized carbons (Fsp3) is 0.353. The molecule has 1 aromatic heterocycles. The van der Waals surface area contributed by atoms with Crippen LogP contribution in [0.5, 0.6) is 11.5 Å². The number of hydrogen-bond acceptors (Lipinski definition) is 5. The molecule has 1 N–H and O–H groups in total. The van der Waals surface area contributed by atoms with E-state index < -0.39 is 0 Å². The second kappa shape index (κ2) is 7.75. The molecular formula is C17H19NO3S2. The Kier molecular flexibility index (Phi) is 5.46. The van der Waals surface area contributed by atoms with Crippen molar-refractivity contribution in [3.8, 4) is 11.5 Å². The van der Waals surface area contributed by atoms with Crippen LogP contribution in [0.15, 0.2) is 40.6 Å². The van der Waals surface area contributed by atoms with Crippen molar-refractivity contribution < 1.29 is 14.3 Å². The predicted octanol–water partition coefficient (Wildman–Crippen LogP) is 3.71. The van der Waals surface area contributed by atoms with Crippen LogP contribution < -0.4 is 14.8 Å². The van der Waals surface area contributed by atoms with Gasteiger partial charge in [0.2, 0.25) is 5.91 Å². The molecule has 1 aliphatic heterocycles. The second-order valence-corrected chi connectivity index (χ2v) is 7.66. The number of fused-ring (bicyclic) bond motifs is 1. The number of amides is 1. The number of hydrogen-bond donors (Lipinski definition) is 1. The molecule has 1 unspecified atom stereocenters. The Hall–Kier alpha value is -1.66. The molecule has 0 saturated carbocycles. The van der Waals surface area contributed by atoms with Crippen molar-refractivity contribution in [3.05, 3.63) is 40.6 Å². The van der Waals surface area contributed by atoms with Gasteiger partial charge in [-0.15, -0.1) is 23.1 Å². The lowest BCUT2D eigenvalue weighted by Crippen LogP contribution is -2.30. The minimum Gasteiger partial charge on any atom is -0.490 e. The van der Waals surface area contributed by atoms with Crippen molar-refractivity contribution in [2.24, 2.45) is 0 Å². The molecule has 2 aromatic rings. The lowest BCUT2D eigenvalue weighted by molar-refractivity contribution is -0.120. The molecule has 0 aliphatic carbocycles. The predicted molar refractivity (Wildman–Crippen MR) is 93.5 cm³/mol. The Bertz CT molecular complexity index is 658. The highest BCUT2D eigenvalue weighted by atomic mass is 32.2. The zero-order valence-electron chi connectivity index (χ0n) is 12.9. The average Bonchev–Trinajstić information content (AvgIpc) is 2.97. The van der Waals surface area contributed by atoms with Crippen LogP contribution in [0.2, 0.25) is 0 Å². The van der Waals surface area contributed by atoms with Gasteiger partial charge < -0.3 is 14.8 Å². The topological polar surface area (TPSA) is 47.6 Å². The Labute approximate surface area is 144 Å². The van der Waals surface area contributed by atoms with Gasteiger partial charge in [0.25, 0.3) is 0 Å². The van der Waals surface area contributed by atoms with Gasteiger partial charge in [0.1, 0.15) is 0 Å². The summed E-state index contributed by atoms with van der Waals surface area (Å²) in [5.74, 6) is 1.58. The minimum atomic E-state index is -0.167. The summed E-state index contributed by atoms with van der Waals surface area (Å²) < 4.78 is 11.3. The molecular weight excluding hydrogens is 330 g/mol. The van der Waals surface area contributed by atoms with Crippen LogP contribution in [0.4, 0.5) is 0 Å². The Morgan fingerprint density at radius 1 is 1.30 bits per heavy atom. The Balaban J connectivity index is 1.57. The van der Waals surface area contributed by atoms with E-state index in [9.17, 15) is 4.79 Å². The number of carbonyl (C=O) groups is 1. The quantitative estimate of drug-likeness (QED) is 0.836. The van der Waals surface area contributed by atoms with Crippen LogP contribution in [-0.4, -0.2) is 24.4 Å². The molecule has 1 amide bonds. The number of thioether (sulfide) groups is 1. The Morgan fingerprint density at radius 3 is 2.91 bits per heavy atom. The number of nitrogens with one attached hydrogen (secondary N) is 1. The number of benzene rings is 1. The van der Waals surface area contributed by atoms with Crippen molar-refractivity contribution in [3.63, 3.8) is 0 Å². The van der Waals surface area contributed by atoms with Crippen LogP contribution in [0.3, 0.4) is 0 Å². The standard InChI is InChI=1S/C17H19NO3S2/c1-12(17(19)18-11-14-4-2-9-22-14)23-13-5-6-15-16(10-13)21-8-3-7-20-15/h2,4-6,9-10,12H,3,7-8,11H2,1H3,(H,18,19). The van der Waals surface area contributed by atoms with Crippen molar-refractivity contribution in [2.45, 2.75) is 30.0 Å². The maximum atomic E-state index is 12.2. The first kappa shape index (κ1) is 16.2. The van der Waals surface area contributed by atoms with Crippen molar-refractivity contribution in [2.75, 3.05) is 13.2 Å². The molecule has 0 spiro atoms. The lowest BCUT2D eigenvalue weighted by atomic mass is 10.3. The van der Waals surface area contributed by atoms with E-state index >= 15 is 0 Å². The minimum absolute atomic E-state index is 0.0375. The number of ether oxygens (including phenoxy) is 2. The van der Waals surface area contributed by atoms with Crippen LogP contribution in [0.1, 0.15) is 18.2 Å². The van der Waals surface area contributed by atoms with E-state index in [1.165, 1.54) is 11.8 Å². The van der Waals surface area contributed by atoms with E-state index in [2.05, 4.69) is 5.32 Å². The van der Waals surface area contributed by atoms with Gasteiger partial charge in [-0.3, -0.25) is 4.79 Å². The highest BCUT2D eigenvalue weighted by Crippen LogP contribution is 2.35. The largest absolute Gasteiger partial charge is 0.490 e. The average molecular weight is 349 g/mol. The molecule has 122 valence electrons. The Morgan fingerprint density at radius 2 is 2.13 bits per heavy atom. The molecule has 3 rings (SSSR count). The summed E-state index contributed by atoms with van der Waals surface area (Å²) in [5, 5.41) is 4.82. The molecule has 0 fully saturated rings. The van der Waals surface area contributed by atoms with E-state index in [0.29, 0.717) is 19.8 Å². The third-order valence-corrected chi connectivity index (χ3v) is 5.39. The first-order chi connectivity index (χ1) is 11.2. The molecule has 1 aliphatic rings. The van der Waals surface area contributed by atoms with Crippen LogP contribution in [0, 0.1) is 0 Å². The maximum absolute atomic E-state index is 12.2. The summed E-state index contributed by atoms with van der Waals surface area (Å²) in [6, 6.07) is 9.85. The van der Waals surface area contributed by atoms with E-state index in [-0.39, 0.29) is 11.2 Å². The summed E-state index contributed by atoms with van der Waals surface area (Å²) in [5.41, 5.74) is 0. The van der Waals surface area contributed by atoms with Crippen molar-refractivity contribution >= 4 is 29.0 Å². The van der Waals surface area contributed by atoms with E-state index in [0.717, 1.165) is 27.7 Å². The normalized spacial score (nSPS) is 14.8. The van der Waals surface area contributed by atoms with Crippen LogP contribution in [-0.2, 0) is 11.3 Å². The van der Waals surface area contributed by atoms with Gasteiger partial charge in [-0.25, -0.2) is 0 Å². The zero-order valence-corrected chi connectivity index (χ0v) is 14.5. The van der Waals surface area contributed by atoms with Gasteiger partial charge in [-0.1, -0.05) is 6.07 Å². The van der Waals surface area contributed by atoms with Gasteiger partial charge in [0.15, 0.2) is 11.5 Å². The van der Waals surface area contributed by atoms with Gasteiger partial charge >= 0.3 is 0 Å². The second-order valence-electron chi connectivity index (χ2n) is 5.22. The third kappa shape index (κ3) is 4.42. The summed E-state index contributed by atoms with van der Waals surface area (Å²) in [4.78, 5) is 14.4. The SMILES string of the molecule is CC(Sc1ccc2c(c1)OCCCO2)C(=O)NCc1cccs1. The molecule has 0 radical (unpaired) electrons. The van der Waals surface area contributed by atoms with Crippen LogP contribution in [0.25, 0.3) is 0 Å². The molecule has 6 heteroatoms. The van der Waals surface area contributed by atoms with E-state index in [4.69, 9.17) is 9.47 Å². The van der Waals surface area contributed by atoms with E-state index in [1.54, 1.807) is 11.3 Å². The summed E-state index contributed by atoms with van der Waals surface area (Å²) in [6.07, 6.45) is 0.888. The molecule has 1 aromatic carbocycles. The van der Waals surface area contributed by atoms with Crippen molar-refractivity contribution in [1.82, 2.24) is 5.32 Å². The monoisotopic (exact) mass is 349 g/mol. The summed E-state index contributed by atoms with van der Waals surface area (Å²) in [7, 11) is 0. The van der Waals surface area contributed by atoms with Crippen LogP contribution >= 0.6 is 23.1 Å². The molecule has 23 heavy (non-hydrogen) atoms. The fourth-order valence-corrected chi connectivity index (χ4v) is 3.77. The smallest absolute Gasteiger partial charge is 0.233 e. The first-order valence-corrected chi connectivity index (χ1v) is 9.35. The maximum Gasteiger partial charge on any atom is 0.233 e. The number of rotatable bonds is 5.